The van der Waals surface area contributed by atoms with Gasteiger partial charge in [0.2, 0.25) is 0 Å². The predicted octanol–water partition coefficient (Wildman–Crippen LogP) is 1.33. The molecule has 0 spiro atoms. The summed E-state index contributed by atoms with van der Waals surface area (Å²) in [7, 11) is 2.18. The van der Waals surface area contributed by atoms with Gasteiger partial charge in [-0.15, -0.1) is 0 Å². The lowest BCUT2D eigenvalue weighted by Gasteiger charge is -2.35. The lowest BCUT2D eigenvalue weighted by atomic mass is 9.89. The van der Waals surface area contributed by atoms with Gasteiger partial charge >= 0.3 is 5.97 Å². The molecule has 2 fully saturated rings. The Morgan fingerprint density at radius 2 is 1.92 bits per heavy atom. The molecular formula is C10H17NO2. The molecule has 74 valence electrons. The number of hydrogen-bond acceptors (Lipinski definition) is 2. The molecule has 0 amide bonds. The fourth-order valence-electron chi connectivity index (χ4n) is 2.94. The van der Waals surface area contributed by atoms with Gasteiger partial charge in [-0.05, 0) is 38.6 Å². The van der Waals surface area contributed by atoms with Crippen molar-refractivity contribution in [3.05, 3.63) is 0 Å². The van der Waals surface area contributed by atoms with Crippen molar-refractivity contribution in [2.24, 2.45) is 5.92 Å². The number of carbonyl (C=O) groups is 1. The first-order chi connectivity index (χ1) is 6.16. The molecule has 1 unspecified atom stereocenters. The summed E-state index contributed by atoms with van der Waals surface area (Å²) in [6, 6.07) is 1.34. The minimum atomic E-state index is -0.631. The zero-order valence-electron chi connectivity index (χ0n) is 8.07. The van der Waals surface area contributed by atoms with Crippen LogP contribution in [-0.4, -0.2) is 35.1 Å². The highest BCUT2D eigenvalue weighted by Crippen LogP contribution is 2.38. The molecule has 2 aliphatic rings. The zero-order valence-corrected chi connectivity index (χ0v) is 8.07. The smallest absolute Gasteiger partial charge is 0.303 e. The lowest BCUT2D eigenvalue weighted by molar-refractivity contribution is -0.138. The lowest BCUT2D eigenvalue weighted by Crippen LogP contribution is -2.40. The van der Waals surface area contributed by atoms with E-state index in [4.69, 9.17) is 5.11 Å². The Kier molecular flexibility index (Phi) is 2.28. The second-order valence-corrected chi connectivity index (χ2v) is 4.49. The molecule has 1 N–H and O–H groups in total. The van der Waals surface area contributed by atoms with Crippen LogP contribution >= 0.6 is 0 Å². The van der Waals surface area contributed by atoms with Crippen molar-refractivity contribution in [1.29, 1.82) is 0 Å². The monoisotopic (exact) mass is 183 g/mol. The largest absolute Gasteiger partial charge is 0.481 e. The number of carboxylic acid groups (broad SMARTS) is 1. The third-order valence-corrected chi connectivity index (χ3v) is 3.66. The minimum absolute atomic E-state index is 0.376. The van der Waals surface area contributed by atoms with Crippen molar-refractivity contribution in [3.8, 4) is 0 Å². The SMILES string of the molecule is CN1[C@@H]2CC[C@H]1CC(CC(=O)O)C2. The summed E-state index contributed by atoms with van der Waals surface area (Å²) in [6.07, 6.45) is 5.12. The van der Waals surface area contributed by atoms with Crippen LogP contribution in [0.5, 0.6) is 0 Å². The van der Waals surface area contributed by atoms with Gasteiger partial charge in [-0.25, -0.2) is 0 Å². The Morgan fingerprint density at radius 1 is 1.38 bits per heavy atom. The Hall–Kier alpha value is -0.570. The van der Waals surface area contributed by atoms with Gasteiger partial charge in [-0.2, -0.15) is 0 Å². The first-order valence-electron chi connectivity index (χ1n) is 5.10. The van der Waals surface area contributed by atoms with Crippen LogP contribution in [0, 0.1) is 5.92 Å². The summed E-state index contributed by atoms with van der Waals surface area (Å²) in [4.78, 5) is 13.0. The molecule has 2 aliphatic heterocycles. The number of piperidine rings is 1. The summed E-state index contributed by atoms with van der Waals surface area (Å²) in [6.45, 7) is 0. The van der Waals surface area contributed by atoms with Gasteiger partial charge in [-0.1, -0.05) is 0 Å². The Balaban J connectivity index is 1.95. The average molecular weight is 183 g/mol. The van der Waals surface area contributed by atoms with Crippen LogP contribution in [0.4, 0.5) is 0 Å². The van der Waals surface area contributed by atoms with Gasteiger partial charge < -0.3 is 10.0 Å². The van der Waals surface area contributed by atoms with E-state index in [-0.39, 0.29) is 0 Å². The standard InChI is InChI=1S/C10H17NO2/c1-11-8-2-3-9(11)5-7(4-8)6-10(12)13/h7-9H,2-6H2,1H3,(H,12,13)/t7?,8-,9+. The molecule has 2 bridgehead atoms. The predicted molar refractivity (Wildman–Crippen MR) is 49.5 cm³/mol. The third-order valence-electron chi connectivity index (χ3n) is 3.66. The van der Waals surface area contributed by atoms with E-state index < -0.39 is 5.97 Å². The Labute approximate surface area is 78.7 Å². The Morgan fingerprint density at radius 3 is 2.38 bits per heavy atom. The average Bonchev–Trinajstić information content (AvgIpc) is 2.33. The van der Waals surface area contributed by atoms with Crippen molar-refractivity contribution in [3.63, 3.8) is 0 Å². The maximum Gasteiger partial charge on any atom is 0.303 e. The van der Waals surface area contributed by atoms with E-state index in [2.05, 4.69) is 11.9 Å². The maximum absolute atomic E-state index is 10.6. The highest BCUT2D eigenvalue weighted by atomic mass is 16.4. The van der Waals surface area contributed by atoms with Crippen LogP contribution in [0.2, 0.25) is 0 Å². The van der Waals surface area contributed by atoms with Crippen LogP contribution in [-0.2, 0) is 4.79 Å². The highest BCUT2D eigenvalue weighted by molar-refractivity contribution is 5.67. The van der Waals surface area contributed by atoms with E-state index in [1.54, 1.807) is 0 Å². The molecule has 3 heteroatoms. The van der Waals surface area contributed by atoms with E-state index >= 15 is 0 Å². The number of rotatable bonds is 2. The summed E-state index contributed by atoms with van der Waals surface area (Å²) < 4.78 is 0. The summed E-state index contributed by atoms with van der Waals surface area (Å²) in [5.74, 6) is -0.194. The molecular weight excluding hydrogens is 166 g/mol. The molecule has 2 saturated heterocycles. The van der Waals surface area contributed by atoms with Gasteiger partial charge in [0.25, 0.3) is 0 Å². The van der Waals surface area contributed by atoms with Gasteiger partial charge in [0.15, 0.2) is 0 Å². The first-order valence-corrected chi connectivity index (χ1v) is 5.10. The second-order valence-electron chi connectivity index (χ2n) is 4.49. The summed E-state index contributed by atoms with van der Waals surface area (Å²) >= 11 is 0. The molecule has 0 aliphatic carbocycles. The molecule has 0 aromatic carbocycles. The van der Waals surface area contributed by atoms with E-state index in [0.717, 1.165) is 12.8 Å². The van der Waals surface area contributed by atoms with Crippen LogP contribution in [0.1, 0.15) is 32.1 Å². The third kappa shape index (κ3) is 1.70. The van der Waals surface area contributed by atoms with Crippen LogP contribution in [0.25, 0.3) is 0 Å². The fraction of sp³-hybridized carbons (Fsp3) is 0.900. The van der Waals surface area contributed by atoms with Crippen molar-refractivity contribution in [2.45, 2.75) is 44.2 Å². The van der Waals surface area contributed by atoms with Crippen molar-refractivity contribution >= 4 is 5.97 Å². The van der Waals surface area contributed by atoms with Gasteiger partial charge in [-0.3, -0.25) is 4.79 Å². The maximum atomic E-state index is 10.6. The van der Waals surface area contributed by atoms with Crippen LogP contribution in [0.3, 0.4) is 0 Å². The normalized spacial score (nSPS) is 39.3. The number of hydrogen-bond donors (Lipinski definition) is 1. The van der Waals surface area contributed by atoms with Crippen molar-refractivity contribution < 1.29 is 9.90 Å². The zero-order chi connectivity index (χ0) is 9.42. The number of nitrogens with zero attached hydrogens (tertiary/aromatic N) is 1. The van der Waals surface area contributed by atoms with Crippen LogP contribution in [0.15, 0.2) is 0 Å². The summed E-state index contributed by atoms with van der Waals surface area (Å²) in [5.41, 5.74) is 0. The summed E-state index contributed by atoms with van der Waals surface area (Å²) in [5, 5.41) is 8.71. The number of fused-ring (bicyclic) bond motifs is 2. The molecule has 0 aromatic rings. The molecule has 3 atom stereocenters. The fourth-order valence-corrected chi connectivity index (χ4v) is 2.94. The molecule has 2 rings (SSSR count). The molecule has 3 nitrogen and oxygen atoms in total. The van der Waals surface area contributed by atoms with Crippen molar-refractivity contribution in [2.75, 3.05) is 7.05 Å². The minimum Gasteiger partial charge on any atom is -0.481 e. The number of aliphatic carboxylic acids is 1. The van der Waals surface area contributed by atoms with Crippen molar-refractivity contribution in [1.82, 2.24) is 4.90 Å². The molecule has 0 radical (unpaired) electrons. The quantitative estimate of drug-likeness (QED) is 0.702. The second kappa shape index (κ2) is 3.29. The number of carboxylic acids is 1. The topological polar surface area (TPSA) is 40.5 Å². The molecule has 2 heterocycles. The van der Waals surface area contributed by atoms with Gasteiger partial charge in [0.1, 0.15) is 0 Å². The van der Waals surface area contributed by atoms with Gasteiger partial charge in [0.05, 0.1) is 0 Å². The van der Waals surface area contributed by atoms with E-state index in [1.807, 2.05) is 0 Å². The van der Waals surface area contributed by atoms with Gasteiger partial charge in [0, 0.05) is 18.5 Å². The first kappa shape index (κ1) is 9.00. The molecule has 13 heavy (non-hydrogen) atoms. The van der Waals surface area contributed by atoms with Crippen LogP contribution < -0.4 is 0 Å². The van der Waals surface area contributed by atoms with E-state index in [0.29, 0.717) is 24.4 Å². The molecule has 0 aromatic heterocycles. The van der Waals surface area contributed by atoms with E-state index in [1.165, 1.54) is 12.8 Å². The Bertz CT molecular complexity index is 203. The molecule has 0 saturated carbocycles. The van der Waals surface area contributed by atoms with E-state index in [9.17, 15) is 4.79 Å². The highest BCUT2D eigenvalue weighted by Gasteiger charge is 2.38.